The van der Waals surface area contributed by atoms with Gasteiger partial charge in [-0.3, -0.25) is 4.79 Å². The molecular formula is C22H18ClF3N2O4. The number of carbonyl (C=O) groups is 1. The van der Waals surface area contributed by atoms with Crippen molar-refractivity contribution in [2.75, 3.05) is 13.2 Å². The van der Waals surface area contributed by atoms with Gasteiger partial charge in [0.25, 0.3) is 0 Å². The van der Waals surface area contributed by atoms with Crippen LogP contribution < -0.4 is 4.74 Å². The van der Waals surface area contributed by atoms with Crippen LogP contribution in [0.15, 0.2) is 42.5 Å². The highest BCUT2D eigenvalue weighted by molar-refractivity contribution is 6.35. The molecule has 0 radical (unpaired) electrons. The minimum atomic E-state index is -4.66. The third-order valence-corrected chi connectivity index (χ3v) is 5.51. The Morgan fingerprint density at radius 2 is 1.81 bits per heavy atom. The SMILES string of the molecule is O=C(O)C1CC(OCCOc2ccc(-c3nc(C(F)(F)F)c4cccc(Cl)c4n3)cc2)C1. The summed E-state index contributed by atoms with van der Waals surface area (Å²) in [4.78, 5) is 18.7. The van der Waals surface area contributed by atoms with E-state index in [9.17, 15) is 18.0 Å². The summed E-state index contributed by atoms with van der Waals surface area (Å²) >= 11 is 6.08. The molecule has 0 unspecified atom stereocenters. The summed E-state index contributed by atoms with van der Waals surface area (Å²) in [6, 6.07) is 10.5. The fourth-order valence-electron chi connectivity index (χ4n) is 3.44. The number of hydrogen-bond donors (Lipinski definition) is 1. The summed E-state index contributed by atoms with van der Waals surface area (Å²) in [5, 5.41) is 8.80. The van der Waals surface area contributed by atoms with Gasteiger partial charge < -0.3 is 14.6 Å². The van der Waals surface area contributed by atoms with Crippen LogP contribution in [0.25, 0.3) is 22.3 Å². The molecule has 32 heavy (non-hydrogen) atoms. The van der Waals surface area contributed by atoms with E-state index in [-0.39, 0.29) is 40.4 Å². The van der Waals surface area contributed by atoms with Crippen LogP contribution in [-0.4, -0.2) is 40.4 Å². The molecule has 10 heteroatoms. The molecule has 0 saturated heterocycles. The third kappa shape index (κ3) is 4.78. The highest BCUT2D eigenvalue weighted by atomic mass is 35.5. The summed E-state index contributed by atoms with van der Waals surface area (Å²) in [7, 11) is 0. The Kier molecular flexibility index (Phi) is 6.21. The average Bonchev–Trinajstić information content (AvgIpc) is 2.71. The Bertz CT molecular complexity index is 1130. The van der Waals surface area contributed by atoms with Gasteiger partial charge in [-0.2, -0.15) is 13.2 Å². The molecule has 4 rings (SSSR count). The summed E-state index contributed by atoms with van der Waals surface area (Å²) in [5.41, 5.74) is -0.626. The van der Waals surface area contributed by atoms with Gasteiger partial charge >= 0.3 is 12.1 Å². The number of aliphatic carboxylic acids is 1. The van der Waals surface area contributed by atoms with Crippen LogP contribution in [0.1, 0.15) is 18.5 Å². The number of aromatic nitrogens is 2. The van der Waals surface area contributed by atoms with Gasteiger partial charge in [-0.1, -0.05) is 23.7 Å². The van der Waals surface area contributed by atoms with Crippen LogP contribution >= 0.6 is 11.6 Å². The molecule has 0 atom stereocenters. The van der Waals surface area contributed by atoms with Gasteiger partial charge in [0.2, 0.25) is 0 Å². The van der Waals surface area contributed by atoms with Gasteiger partial charge in [-0.25, -0.2) is 9.97 Å². The van der Waals surface area contributed by atoms with Crippen molar-refractivity contribution in [1.29, 1.82) is 0 Å². The number of fused-ring (bicyclic) bond motifs is 1. The molecule has 0 aliphatic heterocycles. The van der Waals surface area contributed by atoms with E-state index in [1.54, 1.807) is 24.3 Å². The molecule has 1 fully saturated rings. The molecule has 1 N–H and O–H groups in total. The van der Waals surface area contributed by atoms with E-state index in [1.165, 1.54) is 18.2 Å². The topological polar surface area (TPSA) is 81.5 Å². The van der Waals surface area contributed by atoms with Crippen LogP contribution in [0, 0.1) is 5.92 Å². The number of ether oxygens (including phenoxy) is 2. The van der Waals surface area contributed by atoms with E-state index in [4.69, 9.17) is 26.2 Å². The van der Waals surface area contributed by atoms with E-state index >= 15 is 0 Å². The second-order valence-corrected chi connectivity index (χ2v) is 7.81. The van der Waals surface area contributed by atoms with Gasteiger partial charge in [0.05, 0.1) is 29.2 Å². The molecule has 0 spiro atoms. The highest BCUT2D eigenvalue weighted by Crippen LogP contribution is 2.36. The zero-order valence-corrected chi connectivity index (χ0v) is 17.4. The van der Waals surface area contributed by atoms with Crippen LogP contribution in [-0.2, 0) is 15.7 Å². The molecule has 1 aliphatic carbocycles. The molecule has 6 nitrogen and oxygen atoms in total. The summed E-state index contributed by atoms with van der Waals surface area (Å²) in [5.74, 6) is -0.727. The van der Waals surface area contributed by atoms with Crippen molar-refractivity contribution in [3.05, 3.63) is 53.2 Å². The van der Waals surface area contributed by atoms with E-state index in [2.05, 4.69) is 9.97 Å². The molecule has 168 valence electrons. The lowest BCUT2D eigenvalue weighted by Gasteiger charge is -2.31. The first-order chi connectivity index (χ1) is 15.2. The van der Waals surface area contributed by atoms with Crippen molar-refractivity contribution in [3.8, 4) is 17.1 Å². The molecule has 3 aromatic rings. The maximum absolute atomic E-state index is 13.5. The first-order valence-electron chi connectivity index (χ1n) is 9.83. The Morgan fingerprint density at radius 3 is 2.47 bits per heavy atom. The Hall–Kier alpha value is -2.91. The largest absolute Gasteiger partial charge is 0.491 e. The molecule has 2 aromatic carbocycles. The third-order valence-electron chi connectivity index (χ3n) is 5.21. The van der Waals surface area contributed by atoms with Gasteiger partial charge in [0.15, 0.2) is 11.5 Å². The van der Waals surface area contributed by atoms with Crippen LogP contribution in [0.5, 0.6) is 5.75 Å². The number of para-hydroxylation sites is 1. The minimum absolute atomic E-state index is 0.0325. The molecule has 0 bridgehead atoms. The maximum Gasteiger partial charge on any atom is 0.434 e. The van der Waals surface area contributed by atoms with Crippen LogP contribution in [0.3, 0.4) is 0 Å². The quantitative estimate of drug-likeness (QED) is 0.480. The summed E-state index contributed by atoms with van der Waals surface area (Å²) in [6.45, 7) is 0.563. The number of benzene rings is 2. The zero-order valence-electron chi connectivity index (χ0n) is 16.6. The Balaban J connectivity index is 1.43. The van der Waals surface area contributed by atoms with Crippen molar-refractivity contribution in [1.82, 2.24) is 9.97 Å². The number of carboxylic acids is 1. The molecule has 1 heterocycles. The molecule has 1 aliphatic rings. The first-order valence-corrected chi connectivity index (χ1v) is 10.2. The predicted molar refractivity (Wildman–Crippen MR) is 111 cm³/mol. The smallest absolute Gasteiger partial charge is 0.434 e. The Morgan fingerprint density at radius 1 is 1.09 bits per heavy atom. The van der Waals surface area contributed by atoms with Gasteiger partial charge in [-0.05, 0) is 43.2 Å². The van der Waals surface area contributed by atoms with Crippen molar-refractivity contribution >= 4 is 28.5 Å². The fraction of sp³-hybridized carbons (Fsp3) is 0.318. The highest BCUT2D eigenvalue weighted by Gasteiger charge is 2.36. The van der Waals surface area contributed by atoms with Crippen molar-refractivity contribution < 1.29 is 32.5 Å². The van der Waals surface area contributed by atoms with Crippen molar-refractivity contribution in [2.24, 2.45) is 5.92 Å². The van der Waals surface area contributed by atoms with Crippen molar-refractivity contribution in [2.45, 2.75) is 25.1 Å². The molecule has 0 amide bonds. The van der Waals surface area contributed by atoms with Gasteiger partial charge in [-0.15, -0.1) is 0 Å². The normalized spacial score (nSPS) is 18.4. The Labute approximate surface area is 186 Å². The second kappa shape index (κ2) is 8.91. The number of rotatable bonds is 7. The lowest BCUT2D eigenvalue weighted by molar-refractivity contribution is -0.151. The number of carboxylic acid groups (broad SMARTS) is 1. The summed E-state index contributed by atoms with van der Waals surface area (Å²) in [6.07, 6.45) is -3.73. The monoisotopic (exact) mass is 466 g/mol. The van der Waals surface area contributed by atoms with Crippen molar-refractivity contribution in [3.63, 3.8) is 0 Å². The number of alkyl halides is 3. The number of nitrogens with zero attached hydrogens (tertiary/aromatic N) is 2. The standard InChI is InChI=1S/C22H18ClF3N2O4/c23-17-3-1-2-16-18(17)27-20(28-19(16)22(24,25)26)12-4-6-14(7-5-12)31-8-9-32-15-10-13(11-15)21(29)30/h1-7,13,15H,8-11H2,(H,29,30). The van der Waals surface area contributed by atoms with Crippen LogP contribution in [0.4, 0.5) is 13.2 Å². The molecule has 1 aromatic heterocycles. The van der Waals surface area contributed by atoms with E-state index < -0.39 is 17.8 Å². The van der Waals surface area contributed by atoms with Gasteiger partial charge in [0, 0.05) is 10.9 Å². The van der Waals surface area contributed by atoms with E-state index in [1.807, 2.05) is 0 Å². The summed E-state index contributed by atoms with van der Waals surface area (Å²) < 4.78 is 51.7. The molecular weight excluding hydrogens is 449 g/mol. The van der Waals surface area contributed by atoms with Gasteiger partial charge in [0.1, 0.15) is 12.4 Å². The maximum atomic E-state index is 13.5. The zero-order chi connectivity index (χ0) is 22.9. The lowest BCUT2D eigenvalue weighted by Crippen LogP contribution is -2.36. The second-order valence-electron chi connectivity index (χ2n) is 7.40. The number of halogens is 4. The lowest BCUT2D eigenvalue weighted by atomic mass is 9.82. The predicted octanol–water partition coefficient (Wildman–Crippen LogP) is 5.23. The number of hydrogen-bond acceptors (Lipinski definition) is 5. The van der Waals surface area contributed by atoms with E-state index in [0.717, 1.165) is 0 Å². The average molecular weight is 467 g/mol. The fourth-order valence-corrected chi connectivity index (χ4v) is 3.66. The van der Waals surface area contributed by atoms with Crippen LogP contribution in [0.2, 0.25) is 5.02 Å². The van der Waals surface area contributed by atoms with E-state index in [0.29, 0.717) is 30.8 Å². The first kappa shape index (κ1) is 22.3. The minimum Gasteiger partial charge on any atom is -0.491 e. The molecule has 1 saturated carbocycles.